The lowest BCUT2D eigenvalue weighted by Gasteiger charge is -2.32. The van der Waals surface area contributed by atoms with Gasteiger partial charge in [0.15, 0.2) is 0 Å². The summed E-state index contributed by atoms with van der Waals surface area (Å²) in [7, 11) is -0.593. The van der Waals surface area contributed by atoms with Crippen LogP contribution in [0.15, 0.2) is 78.5 Å². The smallest absolute Gasteiger partial charge is 0.449 e. The summed E-state index contributed by atoms with van der Waals surface area (Å²) in [6.07, 6.45) is 4.95. The van der Waals surface area contributed by atoms with E-state index in [9.17, 15) is 4.79 Å². The van der Waals surface area contributed by atoms with Crippen LogP contribution >= 0.6 is 0 Å². The number of pyridine rings is 1. The van der Waals surface area contributed by atoms with Crippen LogP contribution in [0.4, 0.5) is 4.79 Å². The van der Waals surface area contributed by atoms with E-state index in [0.717, 1.165) is 11.0 Å². The Morgan fingerprint density at radius 3 is 2.17 bits per heavy atom. The monoisotopic (exact) mass is 482 g/mol. The number of nitrogens with one attached hydrogen (secondary N) is 1. The zero-order chi connectivity index (χ0) is 25.3. The molecule has 0 unspecified atom stereocenters. The Morgan fingerprint density at radius 2 is 1.58 bits per heavy atom. The highest BCUT2D eigenvalue weighted by atomic mass is 16.7. The van der Waals surface area contributed by atoms with Crippen molar-refractivity contribution in [2.75, 3.05) is 13.2 Å². The predicted molar refractivity (Wildman–Crippen MR) is 141 cm³/mol. The van der Waals surface area contributed by atoms with Gasteiger partial charge in [0.05, 0.1) is 11.2 Å². The van der Waals surface area contributed by atoms with Crippen LogP contribution in [0.1, 0.15) is 50.3 Å². The van der Waals surface area contributed by atoms with E-state index in [0.29, 0.717) is 0 Å². The Morgan fingerprint density at radius 1 is 0.972 bits per heavy atom. The third-order valence-corrected chi connectivity index (χ3v) is 7.37. The SMILES string of the molecule is CC1(C)OB(C(=Cc2cccnc2)CNC(=O)OCC2c3ccccc3-c3ccccc32)OC1(C)C. The van der Waals surface area contributed by atoms with Crippen LogP contribution in [0.5, 0.6) is 0 Å². The Bertz CT molecular complexity index is 1230. The number of aromatic nitrogens is 1. The zero-order valence-electron chi connectivity index (χ0n) is 21.2. The van der Waals surface area contributed by atoms with Gasteiger partial charge < -0.3 is 19.4 Å². The van der Waals surface area contributed by atoms with E-state index in [-0.39, 0.29) is 19.1 Å². The standard InChI is InChI=1S/C29H31BN2O4/c1-28(2)29(3,4)36-30(35-28)21(16-20-10-9-15-31-17-20)18-32-27(33)34-19-26-24-13-7-5-11-22(24)23-12-6-8-14-25(23)26/h5-17,26H,18-19H2,1-4H3,(H,32,33). The second-order valence-corrected chi connectivity index (χ2v) is 10.3. The van der Waals surface area contributed by atoms with Crippen molar-refractivity contribution in [1.29, 1.82) is 0 Å². The first kappa shape index (κ1) is 24.3. The van der Waals surface area contributed by atoms with Crippen LogP contribution in [0.3, 0.4) is 0 Å². The molecule has 1 saturated heterocycles. The minimum atomic E-state index is -0.593. The fraction of sp³-hybridized carbons (Fsp3) is 0.310. The van der Waals surface area contributed by atoms with Crippen molar-refractivity contribution in [3.8, 4) is 11.1 Å². The lowest BCUT2D eigenvalue weighted by atomic mass is 9.77. The zero-order valence-corrected chi connectivity index (χ0v) is 21.2. The summed E-state index contributed by atoms with van der Waals surface area (Å²) in [6, 6.07) is 20.4. The molecule has 1 aliphatic carbocycles. The molecule has 184 valence electrons. The van der Waals surface area contributed by atoms with Crippen molar-refractivity contribution in [1.82, 2.24) is 10.3 Å². The first-order valence-corrected chi connectivity index (χ1v) is 12.3. The molecule has 2 aliphatic rings. The van der Waals surface area contributed by atoms with Gasteiger partial charge >= 0.3 is 13.2 Å². The molecule has 0 saturated carbocycles. The van der Waals surface area contributed by atoms with Gasteiger partial charge in [0, 0.05) is 24.9 Å². The highest BCUT2D eigenvalue weighted by Crippen LogP contribution is 2.44. The number of benzene rings is 2. The average Bonchev–Trinajstić information content (AvgIpc) is 3.30. The van der Waals surface area contributed by atoms with Gasteiger partial charge in [0.1, 0.15) is 6.61 Å². The minimum absolute atomic E-state index is 0.0108. The molecule has 0 bridgehead atoms. The van der Waals surface area contributed by atoms with Crippen molar-refractivity contribution in [3.63, 3.8) is 0 Å². The Labute approximate surface area is 212 Å². The van der Waals surface area contributed by atoms with Crippen LogP contribution in [0.25, 0.3) is 17.2 Å². The molecule has 5 rings (SSSR count). The topological polar surface area (TPSA) is 69.7 Å². The molecule has 1 aliphatic heterocycles. The number of ether oxygens (including phenoxy) is 1. The normalized spacial score (nSPS) is 18.0. The van der Waals surface area contributed by atoms with Gasteiger partial charge in [-0.25, -0.2) is 4.79 Å². The Balaban J connectivity index is 1.28. The van der Waals surface area contributed by atoms with E-state index in [1.54, 1.807) is 12.4 Å². The first-order chi connectivity index (χ1) is 17.2. The molecule has 6 nitrogen and oxygen atoms in total. The van der Waals surface area contributed by atoms with E-state index in [1.807, 2.05) is 70.2 Å². The summed E-state index contributed by atoms with van der Waals surface area (Å²) in [5, 5.41) is 2.90. The van der Waals surface area contributed by atoms with E-state index >= 15 is 0 Å². The summed E-state index contributed by atoms with van der Waals surface area (Å²) < 4.78 is 18.2. The molecule has 0 spiro atoms. The number of amides is 1. The molecular weight excluding hydrogens is 451 g/mol. The number of hydrogen-bond acceptors (Lipinski definition) is 5. The van der Waals surface area contributed by atoms with Crippen LogP contribution in [-0.2, 0) is 14.0 Å². The van der Waals surface area contributed by atoms with Crippen LogP contribution in [-0.4, -0.2) is 42.5 Å². The van der Waals surface area contributed by atoms with Gasteiger partial charge in [0.25, 0.3) is 0 Å². The largest absolute Gasteiger partial charge is 0.492 e. The third-order valence-electron chi connectivity index (χ3n) is 7.37. The summed E-state index contributed by atoms with van der Waals surface area (Å²) in [4.78, 5) is 17.0. The Hall–Kier alpha value is -3.42. The maximum Gasteiger partial charge on any atom is 0.492 e. The fourth-order valence-corrected chi connectivity index (χ4v) is 4.70. The predicted octanol–water partition coefficient (Wildman–Crippen LogP) is 5.64. The summed E-state index contributed by atoms with van der Waals surface area (Å²) in [5.41, 5.74) is 5.47. The summed E-state index contributed by atoms with van der Waals surface area (Å²) >= 11 is 0. The molecule has 0 radical (unpaired) electrons. The van der Waals surface area contributed by atoms with E-state index in [4.69, 9.17) is 14.0 Å². The van der Waals surface area contributed by atoms with Crippen molar-refractivity contribution < 1.29 is 18.8 Å². The number of fused-ring (bicyclic) bond motifs is 3. The molecule has 7 heteroatoms. The van der Waals surface area contributed by atoms with E-state index < -0.39 is 24.4 Å². The van der Waals surface area contributed by atoms with Crippen LogP contribution in [0.2, 0.25) is 0 Å². The maximum atomic E-state index is 12.8. The second-order valence-electron chi connectivity index (χ2n) is 10.3. The maximum absolute atomic E-state index is 12.8. The van der Waals surface area contributed by atoms with Gasteiger partial charge in [-0.2, -0.15) is 0 Å². The number of hydrogen-bond donors (Lipinski definition) is 1. The van der Waals surface area contributed by atoms with Crippen LogP contribution < -0.4 is 5.32 Å². The first-order valence-electron chi connectivity index (χ1n) is 12.3. The van der Waals surface area contributed by atoms with Crippen LogP contribution in [0, 0.1) is 0 Å². The minimum Gasteiger partial charge on any atom is -0.449 e. The highest BCUT2D eigenvalue weighted by molar-refractivity contribution is 6.56. The molecule has 1 amide bonds. The van der Waals surface area contributed by atoms with Gasteiger partial charge in [-0.05, 0) is 67.1 Å². The van der Waals surface area contributed by atoms with Crippen molar-refractivity contribution in [3.05, 3.63) is 95.2 Å². The Kier molecular flexibility index (Phi) is 6.45. The van der Waals surface area contributed by atoms with Gasteiger partial charge in [-0.15, -0.1) is 0 Å². The van der Waals surface area contributed by atoms with E-state index in [2.05, 4.69) is 34.6 Å². The molecule has 1 fully saturated rings. The van der Waals surface area contributed by atoms with E-state index in [1.165, 1.54) is 22.3 Å². The molecule has 36 heavy (non-hydrogen) atoms. The lowest BCUT2D eigenvalue weighted by molar-refractivity contribution is 0.00578. The molecule has 3 aromatic rings. The number of carbonyl (C=O) groups excluding carboxylic acids is 1. The molecule has 2 aromatic carbocycles. The molecule has 1 N–H and O–H groups in total. The van der Waals surface area contributed by atoms with Crippen molar-refractivity contribution in [2.45, 2.75) is 44.8 Å². The van der Waals surface area contributed by atoms with Gasteiger partial charge in [-0.1, -0.05) is 60.7 Å². The summed E-state index contributed by atoms with van der Waals surface area (Å²) in [5.74, 6) is 0.0108. The van der Waals surface area contributed by atoms with Crippen molar-refractivity contribution >= 4 is 19.3 Å². The molecule has 1 aromatic heterocycles. The van der Waals surface area contributed by atoms with Gasteiger partial charge in [0.2, 0.25) is 0 Å². The number of rotatable bonds is 6. The third kappa shape index (κ3) is 4.69. The number of alkyl carbamates (subject to hydrolysis) is 1. The van der Waals surface area contributed by atoms with Gasteiger partial charge in [-0.3, -0.25) is 4.98 Å². The molecule has 2 heterocycles. The summed E-state index contributed by atoms with van der Waals surface area (Å²) in [6.45, 7) is 8.52. The number of carbonyl (C=O) groups is 1. The number of nitrogens with zero attached hydrogens (tertiary/aromatic N) is 1. The molecular formula is C29H31BN2O4. The quantitative estimate of drug-likeness (QED) is 0.461. The fourth-order valence-electron chi connectivity index (χ4n) is 4.70. The van der Waals surface area contributed by atoms with Crippen molar-refractivity contribution in [2.24, 2.45) is 0 Å². The molecule has 0 atom stereocenters. The highest BCUT2D eigenvalue weighted by Gasteiger charge is 2.52. The second kappa shape index (κ2) is 9.56. The lowest BCUT2D eigenvalue weighted by Crippen LogP contribution is -2.41. The average molecular weight is 482 g/mol.